The van der Waals surface area contributed by atoms with Crippen molar-refractivity contribution in [2.24, 2.45) is 0 Å². The van der Waals surface area contributed by atoms with E-state index in [4.69, 9.17) is 0 Å². The predicted molar refractivity (Wildman–Crippen MR) is 69.7 cm³/mol. The van der Waals surface area contributed by atoms with Gasteiger partial charge in [-0.1, -0.05) is 36.4 Å². The Hall–Kier alpha value is -1.78. The Balaban J connectivity index is 2.46. The lowest BCUT2D eigenvalue weighted by Gasteiger charge is -2.23. The van der Waals surface area contributed by atoms with Gasteiger partial charge in [-0.05, 0) is 30.3 Å². The van der Waals surface area contributed by atoms with Crippen LogP contribution >= 0.6 is 0 Å². The van der Waals surface area contributed by atoms with Crippen molar-refractivity contribution in [2.45, 2.75) is 12.1 Å². The van der Waals surface area contributed by atoms with Crippen molar-refractivity contribution in [2.75, 3.05) is 7.05 Å². The van der Waals surface area contributed by atoms with Crippen LogP contribution in [0.15, 0.2) is 48.5 Å². The fraction of sp³-hybridized carbons (Fsp3) is 0.200. The molecule has 0 heterocycles. The molecule has 0 fully saturated rings. The average molecular weight is 263 g/mol. The molecule has 0 amide bonds. The summed E-state index contributed by atoms with van der Waals surface area (Å²) in [6.45, 7) is 0. The minimum Gasteiger partial charge on any atom is -0.378 e. The van der Waals surface area contributed by atoms with E-state index in [1.54, 1.807) is 7.05 Å². The van der Waals surface area contributed by atoms with Crippen LogP contribution in [0.2, 0.25) is 0 Å². The Morgan fingerprint density at radius 2 is 1.63 bits per heavy atom. The number of aliphatic hydroxyl groups is 1. The molecular formula is C15H15F2NO. The summed E-state index contributed by atoms with van der Waals surface area (Å²) in [5.41, 5.74) is 1.35. The first-order valence-electron chi connectivity index (χ1n) is 5.98. The van der Waals surface area contributed by atoms with Crippen LogP contribution in [0.4, 0.5) is 8.78 Å². The minimum atomic E-state index is -0.915. The molecule has 19 heavy (non-hydrogen) atoms. The largest absolute Gasteiger partial charge is 0.378 e. The first-order chi connectivity index (χ1) is 9.13. The van der Waals surface area contributed by atoms with Gasteiger partial charge in [0, 0.05) is 5.92 Å². The first-order valence-corrected chi connectivity index (χ1v) is 5.98. The zero-order chi connectivity index (χ0) is 13.8. The molecule has 2 rings (SSSR count). The molecule has 0 aromatic heterocycles. The van der Waals surface area contributed by atoms with E-state index in [9.17, 15) is 13.9 Å². The van der Waals surface area contributed by atoms with Gasteiger partial charge in [0.1, 0.15) is 6.23 Å². The molecule has 0 aliphatic heterocycles. The van der Waals surface area contributed by atoms with Gasteiger partial charge in [0.05, 0.1) is 0 Å². The summed E-state index contributed by atoms with van der Waals surface area (Å²) in [6.07, 6.45) is -0.882. The van der Waals surface area contributed by atoms with Crippen molar-refractivity contribution >= 4 is 0 Å². The fourth-order valence-corrected chi connectivity index (χ4v) is 2.09. The van der Waals surface area contributed by atoms with Crippen LogP contribution in [-0.4, -0.2) is 18.4 Å². The van der Waals surface area contributed by atoms with Crippen LogP contribution in [0.1, 0.15) is 17.0 Å². The highest BCUT2D eigenvalue weighted by molar-refractivity contribution is 5.34. The van der Waals surface area contributed by atoms with Crippen LogP contribution in [0.3, 0.4) is 0 Å². The maximum atomic E-state index is 13.3. The predicted octanol–water partition coefficient (Wildman–Crippen LogP) is 2.63. The maximum absolute atomic E-state index is 13.3. The van der Waals surface area contributed by atoms with Crippen molar-refractivity contribution in [1.29, 1.82) is 0 Å². The maximum Gasteiger partial charge on any atom is 0.159 e. The summed E-state index contributed by atoms with van der Waals surface area (Å²) in [6, 6.07) is 12.9. The Morgan fingerprint density at radius 1 is 0.947 bits per heavy atom. The van der Waals surface area contributed by atoms with E-state index in [2.05, 4.69) is 5.32 Å². The van der Waals surface area contributed by atoms with Gasteiger partial charge in [-0.15, -0.1) is 0 Å². The topological polar surface area (TPSA) is 32.3 Å². The number of nitrogens with one attached hydrogen (secondary N) is 1. The van der Waals surface area contributed by atoms with E-state index in [-0.39, 0.29) is 0 Å². The highest BCUT2D eigenvalue weighted by Gasteiger charge is 2.22. The van der Waals surface area contributed by atoms with Crippen molar-refractivity contribution in [3.05, 3.63) is 71.3 Å². The second-order valence-corrected chi connectivity index (χ2v) is 4.30. The van der Waals surface area contributed by atoms with Crippen LogP contribution < -0.4 is 5.32 Å². The number of benzene rings is 2. The fourth-order valence-electron chi connectivity index (χ4n) is 2.09. The quantitative estimate of drug-likeness (QED) is 0.831. The molecule has 0 saturated carbocycles. The van der Waals surface area contributed by atoms with Gasteiger partial charge in [-0.25, -0.2) is 8.78 Å². The smallest absolute Gasteiger partial charge is 0.159 e. The van der Waals surface area contributed by atoms with E-state index < -0.39 is 23.8 Å². The van der Waals surface area contributed by atoms with Crippen molar-refractivity contribution in [1.82, 2.24) is 5.32 Å². The molecule has 0 spiro atoms. The number of rotatable bonds is 4. The molecule has 2 nitrogen and oxygen atoms in total. The minimum absolute atomic E-state index is 0.457. The number of likely N-dealkylation sites (N-methyl/N-ethyl adjacent to an activating group) is 1. The second-order valence-electron chi connectivity index (χ2n) is 4.30. The number of halogens is 2. The summed E-state index contributed by atoms with van der Waals surface area (Å²) in [5.74, 6) is -2.27. The summed E-state index contributed by atoms with van der Waals surface area (Å²) >= 11 is 0. The number of aliphatic hydroxyl groups excluding tert-OH is 1. The van der Waals surface area contributed by atoms with Crippen molar-refractivity contribution in [3.8, 4) is 0 Å². The van der Waals surface area contributed by atoms with Gasteiger partial charge in [-0.3, -0.25) is 5.32 Å². The molecule has 100 valence electrons. The number of hydrogen-bond acceptors (Lipinski definition) is 2. The SMILES string of the molecule is CNC(O)C(c1ccccc1)c1ccc(F)c(F)c1. The first kappa shape index (κ1) is 13.6. The molecule has 2 aromatic rings. The molecule has 2 N–H and O–H groups in total. The third kappa shape index (κ3) is 2.97. The van der Waals surface area contributed by atoms with Gasteiger partial charge >= 0.3 is 0 Å². The van der Waals surface area contributed by atoms with Crippen molar-refractivity contribution < 1.29 is 13.9 Å². The Morgan fingerprint density at radius 3 is 2.21 bits per heavy atom. The average Bonchev–Trinajstić information content (AvgIpc) is 2.44. The third-order valence-electron chi connectivity index (χ3n) is 3.07. The van der Waals surface area contributed by atoms with Crippen LogP contribution in [0.25, 0.3) is 0 Å². The summed E-state index contributed by atoms with van der Waals surface area (Å²) in [5, 5.41) is 12.8. The van der Waals surface area contributed by atoms with Gasteiger partial charge in [-0.2, -0.15) is 0 Å². The molecule has 0 radical (unpaired) electrons. The van der Waals surface area contributed by atoms with Gasteiger partial charge in [0.15, 0.2) is 11.6 Å². The molecule has 0 bridgehead atoms. The van der Waals surface area contributed by atoms with E-state index in [1.807, 2.05) is 30.3 Å². The summed E-state index contributed by atoms with van der Waals surface area (Å²) < 4.78 is 26.3. The van der Waals surface area contributed by atoms with E-state index >= 15 is 0 Å². The molecule has 0 saturated heterocycles. The van der Waals surface area contributed by atoms with E-state index in [0.29, 0.717) is 5.56 Å². The lowest BCUT2D eigenvalue weighted by molar-refractivity contribution is 0.129. The summed E-state index contributed by atoms with van der Waals surface area (Å²) in [7, 11) is 1.61. The molecule has 0 aliphatic carbocycles. The highest BCUT2D eigenvalue weighted by atomic mass is 19.2. The zero-order valence-corrected chi connectivity index (χ0v) is 10.5. The van der Waals surface area contributed by atoms with Crippen LogP contribution in [0.5, 0.6) is 0 Å². The van der Waals surface area contributed by atoms with Gasteiger partial charge in [0.2, 0.25) is 0 Å². The lowest BCUT2D eigenvalue weighted by atomic mass is 9.89. The molecule has 2 aromatic carbocycles. The van der Waals surface area contributed by atoms with Gasteiger partial charge < -0.3 is 5.11 Å². The van der Waals surface area contributed by atoms with E-state index in [0.717, 1.165) is 17.7 Å². The van der Waals surface area contributed by atoms with Crippen molar-refractivity contribution in [3.63, 3.8) is 0 Å². The molecule has 2 atom stereocenters. The van der Waals surface area contributed by atoms with Crippen LogP contribution in [0, 0.1) is 11.6 Å². The van der Waals surface area contributed by atoms with E-state index in [1.165, 1.54) is 6.07 Å². The third-order valence-corrected chi connectivity index (χ3v) is 3.07. The monoisotopic (exact) mass is 263 g/mol. The van der Waals surface area contributed by atoms with Crippen LogP contribution in [-0.2, 0) is 0 Å². The Labute approximate surface area is 110 Å². The zero-order valence-electron chi connectivity index (χ0n) is 10.5. The lowest BCUT2D eigenvalue weighted by Crippen LogP contribution is -2.32. The second kappa shape index (κ2) is 5.91. The molecular weight excluding hydrogens is 248 g/mol. The normalized spacial score (nSPS) is 14.1. The standard InChI is InChI=1S/C15H15F2NO/c1-18-15(19)14(10-5-3-2-4-6-10)11-7-8-12(16)13(17)9-11/h2-9,14-15,18-19H,1H3. The summed E-state index contributed by atoms with van der Waals surface area (Å²) in [4.78, 5) is 0. The Bertz CT molecular complexity index is 545. The van der Waals surface area contributed by atoms with Gasteiger partial charge in [0.25, 0.3) is 0 Å². The number of hydrogen-bond donors (Lipinski definition) is 2. The molecule has 4 heteroatoms. The molecule has 2 unspecified atom stereocenters. The highest BCUT2D eigenvalue weighted by Crippen LogP contribution is 2.28. The molecule has 0 aliphatic rings. The Kier molecular flexibility index (Phi) is 4.24.